The second-order valence-electron chi connectivity index (χ2n) is 11.0. The molecule has 6 rings (SSSR count). The van der Waals surface area contributed by atoms with Crippen molar-refractivity contribution in [2.45, 2.75) is 37.6 Å². The van der Waals surface area contributed by atoms with Crippen LogP contribution in [0.4, 0.5) is 5.69 Å². The molecule has 3 unspecified atom stereocenters. The monoisotopic (exact) mass is 582 g/mol. The van der Waals surface area contributed by atoms with E-state index >= 15 is 0 Å². The normalized spacial score (nSPS) is 19.8. The van der Waals surface area contributed by atoms with E-state index in [1.54, 1.807) is 31.4 Å². The molecular weight excluding hydrogens is 548 g/mol. The van der Waals surface area contributed by atoms with Crippen molar-refractivity contribution in [3.63, 3.8) is 0 Å². The number of hydrogen-bond donors (Lipinski definition) is 2. The van der Waals surface area contributed by atoms with Gasteiger partial charge in [-0.3, -0.25) is 14.4 Å². The predicted molar refractivity (Wildman–Crippen MR) is 161 cm³/mol. The molecule has 0 radical (unpaired) electrons. The summed E-state index contributed by atoms with van der Waals surface area (Å²) in [6, 6.07) is 18.7. The second kappa shape index (κ2) is 11.4. The third kappa shape index (κ3) is 5.18. The number of likely N-dealkylation sites (tertiary alicyclic amines) is 1. The molecule has 1 fully saturated rings. The van der Waals surface area contributed by atoms with E-state index in [4.69, 9.17) is 9.47 Å². The van der Waals surface area contributed by atoms with Crippen molar-refractivity contribution in [1.82, 2.24) is 14.8 Å². The number of fused-ring (bicyclic) bond motifs is 2. The summed E-state index contributed by atoms with van der Waals surface area (Å²) < 4.78 is 12.8. The van der Waals surface area contributed by atoms with Gasteiger partial charge in [-0.25, -0.2) is 0 Å². The highest BCUT2D eigenvalue weighted by atomic mass is 16.5. The van der Waals surface area contributed by atoms with Gasteiger partial charge in [0.2, 0.25) is 11.8 Å². The molecule has 0 spiro atoms. The molecule has 2 N–H and O–H groups in total. The molecule has 43 heavy (non-hydrogen) atoms. The number of nitrogens with zero attached hydrogens (tertiary/aromatic N) is 3. The zero-order valence-electron chi connectivity index (χ0n) is 24.3. The Morgan fingerprint density at radius 3 is 2.58 bits per heavy atom. The number of ether oxygens (including phenoxy) is 2. The van der Waals surface area contributed by atoms with Crippen LogP contribution < -0.4 is 19.7 Å². The molecule has 3 atom stereocenters. The Labute approximate surface area is 249 Å². The molecule has 0 bridgehead atoms. The Morgan fingerprint density at radius 1 is 1.02 bits per heavy atom. The first-order chi connectivity index (χ1) is 20.8. The summed E-state index contributed by atoms with van der Waals surface area (Å²) in [5.74, 6) is 0.200. The highest BCUT2D eigenvalue weighted by Gasteiger charge is 2.42. The average molecular weight is 583 g/mol. The number of hydrogen-bond acceptors (Lipinski definition) is 6. The van der Waals surface area contributed by atoms with E-state index in [0.29, 0.717) is 17.1 Å². The summed E-state index contributed by atoms with van der Waals surface area (Å²) in [7, 11) is 5.02. The van der Waals surface area contributed by atoms with Gasteiger partial charge in [0, 0.05) is 54.8 Å². The number of aliphatic hydroxyl groups excluding tert-OH is 1. The lowest BCUT2D eigenvalue weighted by atomic mass is 9.95. The number of benzene rings is 3. The number of aromatic nitrogens is 1. The van der Waals surface area contributed by atoms with Crippen molar-refractivity contribution in [2.75, 3.05) is 25.7 Å². The van der Waals surface area contributed by atoms with Crippen molar-refractivity contribution in [2.24, 2.45) is 7.05 Å². The Hall–Kier alpha value is -4.83. The number of β-amino-alcohol motifs (C(OH)–C–C–N with tert-alkyl or cyclic N) is 1. The number of carbonyl (C=O) groups excluding carboxylic acids is 3. The van der Waals surface area contributed by atoms with Crippen LogP contribution in [0.15, 0.2) is 72.9 Å². The molecule has 3 heterocycles. The van der Waals surface area contributed by atoms with E-state index < -0.39 is 24.1 Å². The van der Waals surface area contributed by atoms with Gasteiger partial charge in [-0.1, -0.05) is 36.4 Å². The zero-order valence-corrected chi connectivity index (χ0v) is 24.3. The van der Waals surface area contributed by atoms with Crippen LogP contribution in [0.5, 0.6) is 11.5 Å². The van der Waals surface area contributed by atoms with Crippen molar-refractivity contribution < 1.29 is 29.0 Å². The Morgan fingerprint density at radius 2 is 1.79 bits per heavy atom. The van der Waals surface area contributed by atoms with E-state index in [0.717, 1.165) is 27.7 Å². The minimum absolute atomic E-state index is 0.0265. The number of aliphatic hydroxyl groups is 1. The molecule has 2 aliphatic heterocycles. The van der Waals surface area contributed by atoms with Gasteiger partial charge in [0.15, 0.2) is 0 Å². The molecule has 0 aliphatic carbocycles. The molecule has 4 aromatic rings. The number of carbonyl (C=O) groups is 3. The molecule has 2 aliphatic rings. The highest BCUT2D eigenvalue weighted by molar-refractivity contribution is 6.09. The van der Waals surface area contributed by atoms with E-state index in [-0.39, 0.29) is 37.7 Å². The fourth-order valence-corrected chi connectivity index (χ4v) is 6.23. The number of amides is 3. The van der Waals surface area contributed by atoms with Gasteiger partial charge in [-0.15, -0.1) is 0 Å². The van der Waals surface area contributed by atoms with Crippen LogP contribution in [0.3, 0.4) is 0 Å². The smallest absolute Gasteiger partial charge is 0.256 e. The van der Waals surface area contributed by atoms with Crippen LogP contribution in [-0.2, 0) is 29.6 Å². The topological polar surface area (TPSA) is 113 Å². The largest absolute Gasteiger partial charge is 0.497 e. The highest BCUT2D eigenvalue weighted by Crippen LogP contribution is 2.34. The van der Waals surface area contributed by atoms with E-state index in [1.165, 1.54) is 4.90 Å². The van der Waals surface area contributed by atoms with Gasteiger partial charge in [-0.05, 0) is 35.9 Å². The number of rotatable bonds is 7. The first kappa shape index (κ1) is 28.3. The maximum absolute atomic E-state index is 14.0. The van der Waals surface area contributed by atoms with Crippen molar-refractivity contribution >= 4 is 34.3 Å². The lowest BCUT2D eigenvalue weighted by molar-refractivity contribution is -0.130. The van der Waals surface area contributed by atoms with E-state index in [1.807, 2.05) is 72.3 Å². The molecule has 10 nitrogen and oxygen atoms in total. The first-order valence-electron chi connectivity index (χ1n) is 14.2. The molecule has 10 heteroatoms. The van der Waals surface area contributed by atoms with Gasteiger partial charge in [0.1, 0.15) is 23.6 Å². The van der Waals surface area contributed by atoms with Crippen LogP contribution in [0.25, 0.3) is 10.9 Å². The minimum Gasteiger partial charge on any atom is -0.497 e. The van der Waals surface area contributed by atoms with Crippen LogP contribution in [0, 0.1) is 0 Å². The SMILES string of the molecule is COc1ccc2c(c1)CC(NC(=O)C1CC(O)CN1C(=O)c1cn(C)c3ccccc13)C(=O)N2Cc1ccccc1OC. The Kier molecular flexibility index (Phi) is 7.53. The quantitative estimate of drug-likeness (QED) is 0.347. The fraction of sp³-hybridized carbons (Fsp3) is 0.303. The Bertz CT molecular complexity index is 1710. The standard InChI is InChI=1S/C33H34N4O6/c1-35-19-25(24-9-5-6-10-28(24)35)32(40)37-18-22(38)16-29(37)31(39)34-26-15-21-14-23(42-2)12-13-27(21)36(33(26)41)17-20-8-4-7-11-30(20)43-3/h4-14,19,22,26,29,38H,15-18H2,1-3H3,(H,34,39). The fourth-order valence-electron chi connectivity index (χ4n) is 6.23. The summed E-state index contributed by atoms with van der Waals surface area (Å²) in [6.45, 7) is 0.265. The summed E-state index contributed by atoms with van der Waals surface area (Å²) >= 11 is 0. The second-order valence-corrected chi connectivity index (χ2v) is 11.0. The van der Waals surface area contributed by atoms with Gasteiger partial charge < -0.3 is 34.3 Å². The van der Waals surface area contributed by atoms with Crippen LogP contribution in [0.1, 0.15) is 27.9 Å². The van der Waals surface area contributed by atoms with E-state index in [2.05, 4.69) is 5.32 Å². The van der Waals surface area contributed by atoms with Crippen molar-refractivity contribution in [3.8, 4) is 11.5 Å². The van der Waals surface area contributed by atoms with Gasteiger partial charge >= 0.3 is 0 Å². The van der Waals surface area contributed by atoms with Gasteiger partial charge in [0.05, 0.1) is 32.4 Å². The summed E-state index contributed by atoms with van der Waals surface area (Å²) in [4.78, 5) is 44.6. The van der Waals surface area contributed by atoms with Crippen LogP contribution in [-0.4, -0.2) is 71.2 Å². The summed E-state index contributed by atoms with van der Waals surface area (Å²) in [5.41, 5.74) is 3.74. The number of anilines is 1. The van der Waals surface area contributed by atoms with Crippen LogP contribution in [0.2, 0.25) is 0 Å². The number of methoxy groups -OCH3 is 2. The average Bonchev–Trinajstić information content (AvgIpc) is 3.58. The molecule has 3 amide bonds. The molecule has 3 aromatic carbocycles. The molecule has 222 valence electrons. The number of para-hydroxylation sites is 2. The predicted octanol–water partition coefficient (Wildman–Crippen LogP) is 3.05. The third-order valence-electron chi connectivity index (χ3n) is 8.37. The molecule has 1 aromatic heterocycles. The maximum Gasteiger partial charge on any atom is 0.256 e. The lowest BCUT2D eigenvalue weighted by Gasteiger charge is -2.36. The van der Waals surface area contributed by atoms with Gasteiger partial charge in [-0.2, -0.15) is 0 Å². The maximum atomic E-state index is 14.0. The summed E-state index contributed by atoms with van der Waals surface area (Å²) in [5, 5.41) is 14.2. The molecule has 0 saturated carbocycles. The lowest BCUT2D eigenvalue weighted by Crippen LogP contribution is -2.56. The van der Waals surface area contributed by atoms with Crippen LogP contribution >= 0.6 is 0 Å². The van der Waals surface area contributed by atoms with Crippen molar-refractivity contribution in [1.29, 1.82) is 0 Å². The zero-order chi connectivity index (χ0) is 30.2. The number of nitrogens with one attached hydrogen (secondary N) is 1. The van der Waals surface area contributed by atoms with E-state index in [9.17, 15) is 19.5 Å². The number of aryl methyl sites for hydroxylation is 1. The first-order valence-corrected chi connectivity index (χ1v) is 14.2. The van der Waals surface area contributed by atoms with Gasteiger partial charge in [0.25, 0.3) is 5.91 Å². The van der Waals surface area contributed by atoms with Crippen molar-refractivity contribution in [3.05, 3.63) is 89.6 Å². The summed E-state index contributed by atoms with van der Waals surface area (Å²) in [6.07, 6.45) is 1.23. The molecular formula is C33H34N4O6. The third-order valence-corrected chi connectivity index (χ3v) is 8.37. The molecule has 1 saturated heterocycles. The minimum atomic E-state index is -0.927. The Balaban J connectivity index is 1.28.